The molecule has 0 spiro atoms. The number of likely N-dealkylation sites (tertiary alicyclic amines) is 1. The van der Waals surface area contributed by atoms with Crippen LogP contribution in [0.15, 0.2) is 48.5 Å². The minimum absolute atomic E-state index is 0.204. The van der Waals surface area contributed by atoms with Gasteiger partial charge >= 0.3 is 0 Å². The van der Waals surface area contributed by atoms with E-state index < -0.39 is 0 Å². The van der Waals surface area contributed by atoms with E-state index in [1.54, 1.807) is 14.2 Å². The summed E-state index contributed by atoms with van der Waals surface area (Å²) >= 11 is 0. The smallest absolute Gasteiger partial charge is 0.127 e. The maximum atomic E-state index is 6.13. The second kappa shape index (κ2) is 7.38. The van der Waals surface area contributed by atoms with Crippen molar-refractivity contribution in [1.82, 2.24) is 4.90 Å². The summed E-state index contributed by atoms with van der Waals surface area (Å²) in [4.78, 5) is 2.43. The Labute approximate surface area is 137 Å². The van der Waals surface area contributed by atoms with Gasteiger partial charge in [-0.2, -0.15) is 0 Å². The van der Waals surface area contributed by atoms with Crippen LogP contribution in [-0.4, -0.2) is 38.3 Å². The first-order chi connectivity index (χ1) is 11.3. The number of benzene rings is 2. The van der Waals surface area contributed by atoms with Gasteiger partial charge in [0.25, 0.3) is 0 Å². The molecule has 23 heavy (non-hydrogen) atoms. The average molecular weight is 313 g/mol. The molecule has 1 saturated heterocycles. The van der Waals surface area contributed by atoms with Gasteiger partial charge in [-0.05, 0) is 12.0 Å². The molecule has 4 nitrogen and oxygen atoms in total. The molecule has 1 unspecified atom stereocenters. The molecular formula is C19H23NO3. The summed E-state index contributed by atoms with van der Waals surface area (Å²) < 4.78 is 16.7. The summed E-state index contributed by atoms with van der Waals surface area (Å²) in [5, 5.41) is 0. The second-order valence-corrected chi connectivity index (χ2v) is 5.80. The number of hydrogen-bond acceptors (Lipinski definition) is 4. The summed E-state index contributed by atoms with van der Waals surface area (Å²) in [6.45, 7) is 2.97. The van der Waals surface area contributed by atoms with Crippen LogP contribution in [0.25, 0.3) is 0 Å². The van der Waals surface area contributed by atoms with Crippen LogP contribution in [-0.2, 0) is 6.54 Å². The maximum Gasteiger partial charge on any atom is 0.127 e. The van der Waals surface area contributed by atoms with E-state index in [2.05, 4.69) is 35.2 Å². The minimum Gasteiger partial charge on any atom is -0.496 e. The Morgan fingerprint density at radius 3 is 2.26 bits per heavy atom. The zero-order chi connectivity index (χ0) is 16.1. The average Bonchev–Trinajstić information content (AvgIpc) is 3.02. The van der Waals surface area contributed by atoms with Crippen LogP contribution in [0.4, 0.5) is 0 Å². The first-order valence-corrected chi connectivity index (χ1v) is 7.93. The Balaban J connectivity index is 1.59. The molecule has 0 bridgehead atoms. The van der Waals surface area contributed by atoms with Crippen molar-refractivity contribution in [3.8, 4) is 17.2 Å². The predicted octanol–water partition coefficient (Wildman–Crippen LogP) is 3.36. The van der Waals surface area contributed by atoms with Gasteiger partial charge in [0.15, 0.2) is 0 Å². The molecule has 3 rings (SSSR count). The zero-order valence-corrected chi connectivity index (χ0v) is 13.7. The van der Waals surface area contributed by atoms with Gasteiger partial charge in [0, 0.05) is 37.8 Å². The predicted molar refractivity (Wildman–Crippen MR) is 90.3 cm³/mol. The van der Waals surface area contributed by atoms with Gasteiger partial charge in [-0.1, -0.05) is 30.3 Å². The van der Waals surface area contributed by atoms with Crippen molar-refractivity contribution in [2.24, 2.45) is 0 Å². The van der Waals surface area contributed by atoms with Gasteiger partial charge in [0.05, 0.1) is 14.2 Å². The summed E-state index contributed by atoms with van der Waals surface area (Å²) in [5.41, 5.74) is 1.34. The standard InChI is InChI=1S/C19H23NO3/c1-21-17-10-18(22-2)12-19(11-17)23-16-8-9-20(14-16)13-15-6-4-3-5-7-15/h3-7,10-12,16H,8-9,13-14H2,1-2H3. The molecule has 1 aliphatic rings. The van der Waals surface area contributed by atoms with Crippen LogP contribution < -0.4 is 14.2 Å². The highest BCUT2D eigenvalue weighted by atomic mass is 16.5. The van der Waals surface area contributed by atoms with Crippen LogP contribution in [0.1, 0.15) is 12.0 Å². The van der Waals surface area contributed by atoms with E-state index in [-0.39, 0.29) is 6.10 Å². The molecular weight excluding hydrogens is 290 g/mol. The van der Waals surface area contributed by atoms with E-state index in [4.69, 9.17) is 14.2 Å². The molecule has 4 heteroatoms. The monoisotopic (exact) mass is 313 g/mol. The van der Waals surface area contributed by atoms with E-state index >= 15 is 0 Å². The molecule has 0 radical (unpaired) electrons. The van der Waals surface area contributed by atoms with Gasteiger partial charge in [0.1, 0.15) is 23.4 Å². The van der Waals surface area contributed by atoms with E-state index in [1.807, 2.05) is 18.2 Å². The second-order valence-electron chi connectivity index (χ2n) is 5.80. The molecule has 0 saturated carbocycles. The third-order valence-electron chi connectivity index (χ3n) is 4.11. The number of rotatable bonds is 6. The van der Waals surface area contributed by atoms with Crippen LogP contribution >= 0.6 is 0 Å². The Morgan fingerprint density at radius 2 is 1.61 bits per heavy atom. The summed E-state index contributed by atoms with van der Waals surface area (Å²) in [6.07, 6.45) is 1.24. The van der Waals surface area contributed by atoms with Gasteiger partial charge in [-0.3, -0.25) is 4.90 Å². The third-order valence-corrected chi connectivity index (χ3v) is 4.11. The summed E-state index contributed by atoms with van der Waals surface area (Å²) in [5.74, 6) is 2.30. The summed E-state index contributed by atoms with van der Waals surface area (Å²) in [7, 11) is 3.30. The van der Waals surface area contributed by atoms with Crippen LogP contribution in [0, 0.1) is 0 Å². The van der Waals surface area contributed by atoms with Crippen molar-refractivity contribution < 1.29 is 14.2 Å². The lowest BCUT2D eigenvalue weighted by molar-refractivity contribution is 0.197. The van der Waals surface area contributed by atoms with E-state index in [1.165, 1.54) is 5.56 Å². The fourth-order valence-electron chi connectivity index (χ4n) is 2.92. The van der Waals surface area contributed by atoms with Crippen molar-refractivity contribution in [3.05, 3.63) is 54.1 Å². The van der Waals surface area contributed by atoms with Gasteiger partial charge in [-0.25, -0.2) is 0 Å². The van der Waals surface area contributed by atoms with Crippen molar-refractivity contribution in [1.29, 1.82) is 0 Å². The molecule has 1 heterocycles. The molecule has 0 aromatic heterocycles. The number of nitrogens with zero attached hydrogens (tertiary/aromatic N) is 1. The van der Waals surface area contributed by atoms with E-state index in [0.29, 0.717) is 0 Å². The normalized spacial score (nSPS) is 17.9. The molecule has 1 fully saturated rings. The highest BCUT2D eigenvalue weighted by molar-refractivity contribution is 5.42. The van der Waals surface area contributed by atoms with Crippen molar-refractivity contribution in [2.75, 3.05) is 27.3 Å². The molecule has 0 N–H and O–H groups in total. The van der Waals surface area contributed by atoms with Crippen LogP contribution in [0.3, 0.4) is 0 Å². The molecule has 2 aromatic carbocycles. The number of ether oxygens (including phenoxy) is 3. The van der Waals surface area contributed by atoms with E-state index in [9.17, 15) is 0 Å². The minimum atomic E-state index is 0.204. The number of hydrogen-bond donors (Lipinski definition) is 0. The van der Waals surface area contributed by atoms with Gasteiger partial charge in [0.2, 0.25) is 0 Å². The maximum absolute atomic E-state index is 6.13. The lowest BCUT2D eigenvalue weighted by Crippen LogP contribution is -2.24. The van der Waals surface area contributed by atoms with Crippen LogP contribution in [0.2, 0.25) is 0 Å². The Hall–Kier alpha value is -2.20. The SMILES string of the molecule is COc1cc(OC)cc(OC2CCN(Cc3ccccc3)C2)c1. The first-order valence-electron chi connectivity index (χ1n) is 7.93. The number of methoxy groups -OCH3 is 2. The van der Waals surface area contributed by atoms with Gasteiger partial charge in [-0.15, -0.1) is 0 Å². The first kappa shape index (κ1) is 15.7. The molecule has 2 aromatic rings. The lowest BCUT2D eigenvalue weighted by atomic mass is 10.2. The van der Waals surface area contributed by atoms with Crippen molar-refractivity contribution in [3.63, 3.8) is 0 Å². The fraction of sp³-hybridized carbons (Fsp3) is 0.368. The largest absolute Gasteiger partial charge is 0.496 e. The highest BCUT2D eigenvalue weighted by Gasteiger charge is 2.24. The molecule has 1 atom stereocenters. The lowest BCUT2D eigenvalue weighted by Gasteiger charge is -2.17. The van der Waals surface area contributed by atoms with Crippen LogP contribution in [0.5, 0.6) is 17.2 Å². The molecule has 122 valence electrons. The van der Waals surface area contributed by atoms with Crippen molar-refractivity contribution in [2.45, 2.75) is 19.1 Å². The van der Waals surface area contributed by atoms with Gasteiger partial charge < -0.3 is 14.2 Å². The summed E-state index contributed by atoms with van der Waals surface area (Å²) in [6, 6.07) is 16.2. The topological polar surface area (TPSA) is 30.9 Å². The zero-order valence-electron chi connectivity index (χ0n) is 13.7. The molecule has 0 amide bonds. The van der Waals surface area contributed by atoms with Crippen molar-refractivity contribution >= 4 is 0 Å². The Morgan fingerprint density at radius 1 is 0.957 bits per heavy atom. The van der Waals surface area contributed by atoms with E-state index in [0.717, 1.165) is 43.3 Å². The Bertz CT molecular complexity index is 608. The Kier molecular flexibility index (Phi) is 5.03. The molecule has 0 aliphatic carbocycles. The third kappa shape index (κ3) is 4.17. The fourth-order valence-corrected chi connectivity index (χ4v) is 2.92. The quantitative estimate of drug-likeness (QED) is 0.818. The molecule has 1 aliphatic heterocycles. The highest BCUT2D eigenvalue weighted by Crippen LogP contribution is 2.29.